The van der Waals surface area contributed by atoms with E-state index < -0.39 is 0 Å². The zero-order valence-corrected chi connectivity index (χ0v) is 12.0. The van der Waals surface area contributed by atoms with E-state index in [1.54, 1.807) is 18.0 Å². The molecule has 1 heterocycles. The number of rotatable bonds is 7. The molecule has 0 unspecified atom stereocenters. The largest absolute Gasteiger partial charge is 0.380 e. The van der Waals surface area contributed by atoms with Crippen LogP contribution in [-0.4, -0.2) is 34.6 Å². The molecule has 0 saturated heterocycles. The number of hydrogen-bond donors (Lipinski definition) is 2. The molecule has 1 amide bonds. The molecule has 0 saturated carbocycles. The Kier molecular flexibility index (Phi) is 5.42. The van der Waals surface area contributed by atoms with Gasteiger partial charge in [0.15, 0.2) is 5.69 Å². The van der Waals surface area contributed by atoms with Crippen molar-refractivity contribution in [2.24, 2.45) is 5.73 Å². The maximum absolute atomic E-state index is 12.0. The number of nitrogens with one attached hydrogen (secondary N) is 1. The molecule has 0 bridgehead atoms. The molecule has 0 atom stereocenters. The Labute approximate surface area is 123 Å². The van der Waals surface area contributed by atoms with Crippen molar-refractivity contribution in [1.29, 1.82) is 0 Å². The lowest BCUT2D eigenvalue weighted by Crippen LogP contribution is -2.23. The maximum atomic E-state index is 12.0. The first-order valence-corrected chi connectivity index (χ1v) is 6.68. The lowest BCUT2D eigenvalue weighted by molar-refractivity contribution is 0.0946. The van der Waals surface area contributed by atoms with E-state index in [1.165, 1.54) is 0 Å². The first-order valence-electron chi connectivity index (χ1n) is 6.68. The van der Waals surface area contributed by atoms with Crippen LogP contribution in [-0.2, 0) is 24.4 Å². The summed E-state index contributed by atoms with van der Waals surface area (Å²) in [5.41, 5.74) is 7.78. The Morgan fingerprint density at radius 1 is 1.43 bits per heavy atom. The Morgan fingerprint density at radius 3 is 3.00 bits per heavy atom. The molecule has 0 aliphatic carbocycles. The highest BCUT2D eigenvalue weighted by atomic mass is 16.5. The monoisotopic (exact) mass is 289 g/mol. The van der Waals surface area contributed by atoms with Gasteiger partial charge in [-0.2, -0.15) is 0 Å². The number of methoxy groups -OCH3 is 1. The normalized spacial score (nSPS) is 10.6. The van der Waals surface area contributed by atoms with Crippen molar-refractivity contribution in [3.05, 3.63) is 47.3 Å². The molecule has 0 aliphatic rings. The third kappa shape index (κ3) is 4.37. The Morgan fingerprint density at radius 2 is 2.24 bits per heavy atom. The average Bonchev–Trinajstić information content (AvgIpc) is 2.95. The number of hydrogen-bond acceptors (Lipinski definition) is 5. The minimum Gasteiger partial charge on any atom is -0.380 e. The minimum absolute atomic E-state index is 0.254. The molecular formula is C14H19N5O2. The van der Waals surface area contributed by atoms with E-state index in [0.717, 1.165) is 11.1 Å². The zero-order valence-electron chi connectivity index (χ0n) is 12.0. The molecule has 112 valence electrons. The summed E-state index contributed by atoms with van der Waals surface area (Å²) in [5, 5.41) is 10.5. The second-order valence-corrected chi connectivity index (χ2v) is 4.59. The molecule has 2 aromatic rings. The fraction of sp³-hybridized carbons (Fsp3) is 0.357. The van der Waals surface area contributed by atoms with Gasteiger partial charge in [-0.05, 0) is 11.1 Å². The second-order valence-electron chi connectivity index (χ2n) is 4.59. The molecule has 1 aromatic carbocycles. The fourth-order valence-corrected chi connectivity index (χ4v) is 1.91. The summed E-state index contributed by atoms with van der Waals surface area (Å²) in [6.07, 6.45) is 1.59. The van der Waals surface area contributed by atoms with Crippen LogP contribution in [0.15, 0.2) is 30.5 Å². The van der Waals surface area contributed by atoms with Crippen LogP contribution < -0.4 is 11.1 Å². The molecule has 0 aliphatic heterocycles. The van der Waals surface area contributed by atoms with Gasteiger partial charge in [0.05, 0.1) is 19.3 Å². The van der Waals surface area contributed by atoms with Gasteiger partial charge in [-0.25, -0.2) is 0 Å². The van der Waals surface area contributed by atoms with Crippen molar-refractivity contribution in [2.75, 3.05) is 13.7 Å². The average molecular weight is 289 g/mol. The third-order valence-electron chi connectivity index (χ3n) is 2.88. The number of amides is 1. The van der Waals surface area contributed by atoms with Gasteiger partial charge in [0.2, 0.25) is 0 Å². The summed E-state index contributed by atoms with van der Waals surface area (Å²) in [5.74, 6) is -0.254. The van der Waals surface area contributed by atoms with Crippen LogP contribution in [0.4, 0.5) is 0 Å². The van der Waals surface area contributed by atoms with Crippen LogP contribution in [0.1, 0.15) is 21.6 Å². The summed E-state index contributed by atoms with van der Waals surface area (Å²) < 4.78 is 6.63. The molecule has 0 radical (unpaired) electrons. The van der Waals surface area contributed by atoms with Gasteiger partial charge in [-0.1, -0.05) is 29.5 Å². The highest BCUT2D eigenvalue weighted by molar-refractivity contribution is 5.91. The predicted octanol–water partition coefficient (Wildman–Crippen LogP) is 0.313. The highest BCUT2D eigenvalue weighted by Crippen LogP contribution is 2.06. The first kappa shape index (κ1) is 15.1. The summed E-state index contributed by atoms with van der Waals surface area (Å²) >= 11 is 0. The van der Waals surface area contributed by atoms with E-state index in [4.69, 9.17) is 10.5 Å². The molecule has 3 N–H and O–H groups in total. The number of benzene rings is 1. The van der Waals surface area contributed by atoms with E-state index in [1.807, 2.05) is 24.3 Å². The van der Waals surface area contributed by atoms with Crippen LogP contribution in [0.3, 0.4) is 0 Å². The lowest BCUT2D eigenvalue weighted by atomic mass is 10.1. The van der Waals surface area contributed by atoms with Gasteiger partial charge < -0.3 is 15.8 Å². The molecule has 2 rings (SSSR count). The first-order chi connectivity index (χ1) is 10.2. The van der Waals surface area contributed by atoms with Gasteiger partial charge in [0.25, 0.3) is 5.91 Å². The quantitative estimate of drug-likeness (QED) is 0.765. The maximum Gasteiger partial charge on any atom is 0.273 e. The van der Waals surface area contributed by atoms with Crippen molar-refractivity contribution in [3.8, 4) is 0 Å². The standard InChI is InChI=1S/C14H19N5O2/c1-21-10-12-4-2-3-11(7-12)8-16-14(20)13-9-19(6-5-15)18-17-13/h2-4,7,9H,5-6,8,10,15H2,1H3,(H,16,20). The van der Waals surface area contributed by atoms with Gasteiger partial charge in [-0.3, -0.25) is 9.48 Å². The molecule has 21 heavy (non-hydrogen) atoms. The second kappa shape index (κ2) is 7.51. The smallest absolute Gasteiger partial charge is 0.273 e. The van der Waals surface area contributed by atoms with E-state index in [-0.39, 0.29) is 11.6 Å². The van der Waals surface area contributed by atoms with Gasteiger partial charge >= 0.3 is 0 Å². The van der Waals surface area contributed by atoms with Crippen molar-refractivity contribution in [2.45, 2.75) is 19.7 Å². The molecule has 7 heteroatoms. The van der Waals surface area contributed by atoms with Crippen molar-refractivity contribution in [1.82, 2.24) is 20.3 Å². The summed E-state index contributed by atoms with van der Waals surface area (Å²) in [6, 6.07) is 7.86. The Bertz CT molecular complexity index is 597. The van der Waals surface area contributed by atoms with Gasteiger partial charge in [-0.15, -0.1) is 5.10 Å². The van der Waals surface area contributed by atoms with Gasteiger partial charge in [0.1, 0.15) is 0 Å². The van der Waals surface area contributed by atoms with E-state index >= 15 is 0 Å². The summed E-state index contributed by atoms with van der Waals surface area (Å²) in [7, 11) is 1.65. The van der Waals surface area contributed by atoms with E-state index in [9.17, 15) is 4.79 Å². The van der Waals surface area contributed by atoms with Gasteiger partial charge in [0, 0.05) is 20.2 Å². The number of nitrogens with two attached hydrogens (primary N) is 1. The minimum atomic E-state index is -0.254. The Balaban J connectivity index is 1.92. The summed E-state index contributed by atoms with van der Waals surface area (Å²) in [4.78, 5) is 12.0. The van der Waals surface area contributed by atoms with Crippen LogP contribution in [0, 0.1) is 0 Å². The SMILES string of the molecule is COCc1cccc(CNC(=O)c2cn(CCN)nn2)c1. The number of ether oxygens (including phenoxy) is 1. The Hall–Kier alpha value is -2.25. The predicted molar refractivity (Wildman–Crippen MR) is 77.4 cm³/mol. The van der Waals surface area contributed by atoms with Crippen molar-refractivity contribution in [3.63, 3.8) is 0 Å². The van der Waals surface area contributed by atoms with E-state index in [2.05, 4.69) is 15.6 Å². The third-order valence-corrected chi connectivity index (χ3v) is 2.88. The van der Waals surface area contributed by atoms with Crippen LogP contribution >= 0.6 is 0 Å². The fourth-order valence-electron chi connectivity index (χ4n) is 1.91. The number of nitrogens with zero attached hydrogens (tertiary/aromatic N) is 3. The summed E-state index contributed by atoms with van der Waals surface area (Å²) in [6.45, 7) is 1.98. The molecular weight excluding hydrogens is 270 g/mol. The number of aromatic nitrogens is 3. The zero-order chi connectivity index (χ0) is 15.1. The van der Waals surface area contributed by atoms with Crippen LogP contribution in [0.5, 0.6) is 0 Å². The number of carbonyl (C=O) groups excluding carboxylic acids is 1. The van der Waals surface area contributed by atoms with E-state index in [0.29, 0.717) is 26.2 Å². The molecule has 0 spiro atoms. The number of carbonyl (C=O) groups is 1. The lowest BCUT2D eigenvalue weighted by Gasteiger charge is -2.05. The molecule has 1 aromatic heterocycles. The van der Waals surface area contributed by atoms with Crippen LogP contribution in [0.2, 0.25) is 0 Å². The van der Waals surface area contributed by atoms with Crippen molar-refractivity contribution >= 4 is 5.91 Å². The molecule has 0 fully saturated rings. The van der Waals surface area contributed by atoms with Crippen molar-refractivity contribution < 1.29 is 9.53 Å². The highest BCUT2D eigenvalue weighted by Gasteiger charge is 2.10. The molecule has 7 nitrogen and oxygen atoms in total. The topological polar surface area (TPSA) is 95.1 Å². The van der Waals surface area contributed by atoms with Crippen LogP contribution in [0.25, 0.3) is 0 Å².